The van der Waals surface area contributed by atoms with E-state index in [0.29, 0.717) is 0 Å². The molecule has 0 aromatic heterocycles. The summed E-state index contributed by atoms with van der Waals surface area (Å²) in [5.74, 6) is 0. The maximum atomic E-state index is 4.13. The van der Waals surface area contributed by atoms with Crippen LogP contribution in [0.25, 0.3) is 6.08 Å². The number of nitrogens with one attached hydrogen (secondary N) is 1. The number of rotatable bonds is 2. The molecule has 0 radical (unpaired) electrons. The lowest BCUT2D eigenvalue weighted by molar-refractivity contribution is 0.813. The highest BCUT2D eigenvalue weighted by atomic mass is 15.3. The third kappa shape index (κ3) is 2.18. The SMILES string of the molecule is C(=C\c1ccccc1)/C1=NNCC1. The van der Waals surface area contributed by atoms with Gasteiger partial charge in [0.25, 0.3) is 0 Å². The zero-order valence-electron chi connectivity index (χ0n) is 7.40. The Morgan fingerprint density at radius 1 is 1.15 bits per heavy atom. The Bertz CT molecular complexity index is 325. The number of hydrogen-bond acceptors (Lipinski definition) is 2. The highest BCUT2D eigenvalue weighted by molar-refractivity contribution is 5.98. The monoisotopic (exact) mass is 172 g/mol. The van der Waals surface area contributed by atoms with Crippen LogP contribution in [0.15, 0.2) is 41.5 Å². The first kappa shape index (κ1) is 8.05. The average Bonchev–Trinajstić information content (AvgIpc) is 2.69. The van der Waals surface area contributed by atoms with Crippen molar-refractivity contribution in [3.8, 4) is 0 Å². The average molecular weight is 172 g/mol. The van der Waals surface area contributed by atoms with Crippen LogP contribution in [-0.2, 0) is 0 Å². The predicted molar refractivity (Wildman–Crippen MR) is 55.5 cm³/mol. The first-order valence-electron chi connectivity index (χ1n) is 4.48. The largest absolute Gasteiger partial charge is 0.309 e. The lowest BCUT2D eigenvalue weighted by Crippen LogP contribution is -1.96. The molecule has 2 rings (SSSR count). The fraction of sp³-hybridized carbons (Fsp3) is 0.182. The van der Waals surface area contributed by atoms with E-state index in [9.17, 15) is 0 Å². The third-order valence-corrected chi connectivity index (χ3v) is 1.98. The van der Waals surface area contributed by atoms with Gasteiger partial charge in [0.05, 0.1) is 5.71 Å². The van der Waals surface area contributed by atoms with Crippen LogP contribution in [0, 0.1) is 0 Å². The second kappa shape index (κ2) is 3.90. The molecule has 2 heteroatoms. The Hall–Kier alpha value is -1.57. The molecule has 1 aromatic carbocycles. The maximum absolute atomic E-state index is 4.13. The second-order valence-corrected chi connectivity index (χ2v) is 3.01. The van der Waals surface area contributed by atoms with Crippen molar-refractivity contribution in [2.24, 2.45) is 5.10 Å². The van der Waals surface area contributed by atoms with Crippen molar-refractivity contribution in [3.05, 3.63) is 42.0 Å². The number of hydrazone groups is 1. The Morgan fingerprint density at radius 3 is 2.69 bits per heavy atom. The quantitative estimate of drug-likeness (QED) is 0.725. The molecule has 0 fully saturated rings. The molecule has 1 aliphatic rings. The summed E-state index contributed by atoms with van der Waals surface area (Å²) >= 11 is 0. The van der Waals surface area contributed by atoms with Crippen molar-refractivity contribution < 1.29 is 0 Å². The van der Waals surface area contributed by atoms with Crippen LogP contribution in [-0.4, -0.2) is 12.3 Å². The van der Waals surface area contributed by atoms with E-state index in [1.165, 1.54) is 5.56 Å². The summed E-state index contributed by atoms with van der Waals surface area (Å²) in [6, 6.07) is 10.3. The van der Waals surface area contributed by atoms with Gasteiger partial charge in [-0.15, -0.1) is 0 Å². The van der Waals surface area contributed by atoms with Gasteiger partial charge >= 0.3 is 0 Å². The minimum absolute atomic E-state index is 0.967. The summed E-state index contributed by atoms with van der Waals surface area (Å²) in [5.41, 5.74) is 5.29. The first-order valence-corrected chi connectivity index (χ1v) is 4.48. The smallest absolute Gasteiger partial charge is 0.0621 e. The van der Waals surface area contributed by atoms with Crippen LogP contribution >= 0.6 is 0 Å². The van der Waals surface area contributed by atoms with E-state index < -0.39 is 0 Å². The van der Waals surface area contributed by atoms with Gasteiger partial charge < -0.3 is 5.43 Å². The van der Waals surface area contributed by atoms with Gasteiger partial charge in [0.15, 0.2) is 0 Å². The van der Waals surface area contributed by atoms with E-state index in [0.717, 1.165) is 18.7 Å². The van der Waals surface area contributed by atoms with E-state index >= 15 is 0 Å². The molecule has 0 saturated heterocycles. The highest BCUT2D eigenvalue weighted by Crippen LogP contribution is 2.03. The van der Waals surface area contributed by atoms with Crippen molar-refractivity contribution >= 4 is 11.8 Å². The predicted octanol–water partition coefficient (Wildman–Crippen LogP) is 2.05. The second-order valence-electron chi connectivity index (χ2n) is 3.01. The number of benzene rings is 1. The molecular weight excluding hydrogens is 160 g/mol. The molecule has 0 bridgehead atoms. The van der Waals surface area contributed by atoms with Gasteiger partial charge in [-0.2, -0.15) is 5.10 Å². The van der Waals surface area contributed by atoms with Gasteiger partial charge in [-0.1, -0.05) is 36.4 Å². The Morgan fingerprint density at radius 2 is 2.00 bits per heavy atom. The molecule has 0 spiro atoms. The van der Waals surface area contributed by atoms with Crippen molar-refractivity contribution in [2.75, 3.05) is 6.54 Å². The fourth-order valence-electron chi connectivity index (χ4n) is 1.27. The molecular formula is C11H12N2. The molecule has 2 nitrogen and oxygen atoms in total. The number of hydrogen-bond donors (Lipinski definition) is 1. The molecule has 0 unspecified atom stereocenters. The molecule has 66 valence electrons. The molecule has 0 saturated carbocycles. The topological polar surface area (TPSA) is 24.4 Å². The van der Waals surface area contributed by atoms with Crippen molar-refractivity contribution in [3.63, 3.8) is 0 Å². The van der Waals surface area contributed by atoms with Gasteiger partial charge in [-0.3, -0.25) is 0 Å². The lowest BCUT2D eigenvalue weighted by Gasteiger charge is -1.90. The van der Waals surface area contributed by atoms with Gasteiger partial charge in [-0.05, 0) is 11.6 Å². The third-order valence-electron chi connectivity index (χ3n) is 1.98. The molecule has 1 aromatic rings. The van der Waals surface area contributed by atoms with Crippen molar-refractivity contribution in [2.45, 2.75) is 6.42 Å². The molecule has 0 aliphatic carbocycles. The molecule has 1 N–H and O–H groups in total. The normalized spacial score (nSPS) is 15.8. The molecule has 0 amide bonds. The van der Waals surface area contributed by atoms with E-state index in [2.05, 4.69) is 34.8 Å². The highest BCUT2D eigenvalue weighted by Gasteiger charge is 2.00. The Kier molecular flexibility index (Phi) is 2.41. The van der Waals surface area contributed by atoms with Crippen LogP contribution in [0.2, 0.25) is 0 Å². The zero-order valence-corrected chi connectivity index (χ0v) is 7.40. The maximum Gasteiger partial charge on any atom is 0.0621 e. The summed E-state index contributed by atoms with van der Waals surface area (Å²) in [6.07, 6.45) is 5.19. The van der Waals surface area contributed by atoms with E-state index in [1.54, 1.807) is 0 Å². The van der Waals surface area contributed by atoms with Crippen LogP contribution in [0.3, 0.4) is 0 Å². The molecule has 13 heavy (non-hydrogen) atoms. The Labute approximate surface area is 78.0 Å². The van der Waals surface area contributed by atoms with E-state index in [1.807, 2.05) is 18.2 Å². The van der Waals surface area contributed by atoms with Gasteiger partial charge in [-0.25, -0.2) is 0 Å². The van der Waals surface area contributed by atoms with Crippen molar-refractivity contribution in [1.82, 2.24) is 5.43 Å². The minimum atomic E-state index is 0.967. The summed E-state index contributed by atoms with van der Waals surface area (Å²) < 4.78 is 0. The minimum Gasteiger partial charge on any atom is -0.309 e. The van der Waals surface area contributed by atoms with E-state index in [4.69, 9.17) is 0 Å². The molecule has 0 atom stereocenters. The standard InChI is InChI=1S/C11H12N2/c1-2-4-10(5-3-1)6-7-11-8-9-12-13-11/h1-7,12H,8-9H2/b7-6+. The lowest BCUT2D eigenvalue weighted by atomic mass is 10.2. The number of nitrogens with zero attached hydrogens (tertiary/aromatic N) is 1. The zero-order chi connectivity index (χ0) is 8.93. The Balaban J connectivity index is 2.05. The van der Waals surface area contributed by atoms with Gasteiger partial charge in [0, 0.05) is 13.0 Å². The molecule has 1 heterocycles. The van der Waals surface area contributed by atoms with Gasteiger partial charge in [0.1, 0.15) is 0 Å². The molecule has 1 aliphatic heterocycles. The first-order chi connectivity index (χ1) is 6.45. The van der Waals surface area contributed by atoms with Gasteiger partial charge in [0.2, 0.25) is 0 Å². The van der Waals surface area contributed by atoms with Crippen LogP contribution in [0.1, 0.15) is 12.0 Å². The van der Waals surface area contributed by atoms with Crippen LogP contribution in [0.5, 0.6) is 0 Å². The fourth-order valence-corrected chi connectivity index (χ4v) is 1.27. The summed E-state index contributed by atoms with van der Waals surface area (Å²) in [5, 5.41) is 4.13. The summed E-state index contributed by atoms with van der Waals surface area (Å²) in [6.45, 7) is 0.967. The summed E-state index contributed by atoms with van der Waals surface area (Å²) in [4.78, 5) is 0. The summed E-state index contributed by atoms with van der Waals surface area (Å²) in [7, 11) is 0. The van der Waals surface area contributed by atoms with E-state index in [-0.39, 0.29) is 0 Å². The van der Waals surface area contributed by atoms with Crippen LogP contribution in [0.4, 0.5) is 0 Å². The van der Waals surface area contributed by atoms with Crippen molar-refractivity contribution in [1.29, 1.82) is 0 Å². The van der Waals surface area contributed by atoms with Crippen LogP contribution < -0.4 is 5.43 Å². The number of allylic oxidation sites excluding steroid dienone is 1.